The van der Waals surface area contributed by atoms with E-state index in [-0.39, 0.29) is 0 Å². The van der Waals surface area contributed by atoms with Crippen LogP contribution < -0.4 is 19.5 Å². The van der Waals surface area contributed by atoms with Crippen LogP contribution in [0.5, 0.6) is 17.2 Å². The van der Waals surface area contributed by atoms with Gasteiger partial charge in [-0.3, -0.25) is 5.32 Å². The Bertz CT molecular complexity index is 1290. The van der Waals surface area contributed by atoms with Crippen LogP contribution in [0.4, 0.5) is 0 Å². The molecule has 1 aliphatic heterocycles. The average molecular weight is 456 g/mol. The maximum atomic E-state index is 6.22. The van der Waals surface area contributed by atoms with Crippen LogP contribution in [-0.2, 0) is 11.3 Å². The summed E-state index contributed by atoms with van der Waals surface area (Å²) in [5.41, 5.74) is 7.24. The van der Waals surface area contributed by atoms with Gasteiger partial charge in [0, 0.05) is 24.7 Å². The molecule has 5 rings (SSSR count). The maximum absolute atomic E-state index is 6.22. The minimum absolute atomic E-state index is 0.522. The maximum Gasteiger partial charge on any atom is 0.161 e. The van der Waals surface area contributed by atoms with Crippen LogP contribution in [-0.4, -0.2) is 34.1 Å². The molecule has 2 aliphatic rings. The Labute approximate surface area is 200 Å². The van der Waals surface area contributed by atoms with Crippen molar-refractivity contribution in [1.82, 2.24) is 5.32 Å². The van der Waals surface area contributed by atoms with Gasteiger partial charge in [-0.1, -0.05) is 48.6 Å². The Kier molecular flexibility index (Phi) is 5.90. The van der Waals surface area contributed by atoms with Crippen LogP contribution in [0.2, 0.25) is 0 Å². The van der Waals surface area contributed by atoms with E-state index in [4.69, 9.17) is 18.9 Å². The van der Waals surface area contributed by atoms with Crippen LogP contribution in [0.15, 0.2) is 72.8 Å². The monoisotopic (exact) mass is 455 g/mol. The topological polar surface area (TPSA) is 49.0 Å². The number of hydrogen-bond donors (Lipinski definition) is 1. The molecule has 3 aromatic rings. The van der Waals surface area contributed by atoms with Crippen LogP contribution in [0, 0.1) is 0 Å². The second-order valence-electron chi connectivity index (χ2n) is 8.40. The van der Waals surface area contributed by atoms with Gasteiger partial charge in [0.2, 0.25) is 0 Å². The molecule has 1 unspecified atom stereocenters. The smallest absolute Gasteiger partial charge is 0.161 e. The highest BCUT2D eigenvalue weighted by Gasteiger charge is 2.34. The van der Waals surface area contributed by atoms with Gasteiger partial charge in [0.05, 0.1) is 14.2 Å². The molecule has 174 valence electrons. The lowest BCUT2D eigenvalue weighted by Crippen LogP contribution is -2.46. The van der Waals surface area contributed by atoms with E-state index >= 15 is 0 Å². The molecule has 5 heteroatoms. The lowest BCUT2D eigenvalue weighted by Gasteiger charge is -2.36. The fourth-order valence-electron chi connectivity index (χ4n) is 4.96. The van der Waals surface area contributed by atoms with Gasteiger partial charge in [0.15, 0.2) is 11.5 Å². The van der Waals surface area contributed by atoms with Crippen molar-refractivity contribution >= 4 is 5.57 Å². The first kappa shape index (κ1) is 22.3. The fourth-order valence-corrected chi connectivity index (χ4v) is 4.96. The molecular weight excluding hydrogens is 426 g/mol. The van der Waals surface area contributed by atoms with Crippen molar-refractivity contribution in [3.63, 3.8) is 0 Å². The molecule has 1 atom stereocenters. The van der Waals surface area contributed by atoms with E-state index < -0.39 is 5.72 Å². The summed E-state index contributed by atoms with van der Waals surface area (Å²) >= 11 is 0. The standard InChI is InChI=1S/C29H29NO4/c1-30-29(33-4)15-6-5-9-24(29)20-11-13-23-21(16-20)18-34-26-10-7-8-22(28(23)26)19-12-14-25(31-2)27(17-19)32-3/h5-14,16-17,30H,15,18H2,1-4H3. The third kappa shape index (κ3) is 3.58. The Balaban J connectivity index is 1.62. The fraction of sp³-hybridized carbons (Fsp3) is 0.241. The highest BCUT2D eigenvalue weighted by Crippen LogP contribution is 2.46. The van der Waals surface area contributed by atoms with Crippen molar-refractivity contribution < 1.29 is 18.9 Å². The predicted molar refractivity (Wildman–Crippen MR) is 135 cm³/mol. The van der Waals surface area contributed by atoms with Crippen molar-refractivity contribution in [2.45, 2.75) is 18.8 Å². The molecule has 1 N–H and O–H groups in total. The Morgan fingerprint density at radius 2 is 1.71 bits per heavy atom. The predicted octanol–water partition coefficient (Wildman–Crippen LogP) is 5.84. The Morgan fingerprint density at radius 3 is 2.47 bits per heavy atom. The molecule has 34 heavy (non-hydrogen) atoms. The van der Waals surface area contributed by atoms with E-state index in [2.05, 4.69) is 53.9 Å². The van der Waals surface area contributed by atoms with Crippen molar-refractivity contribution in [2.75, 3.05) is 28.4 Å². The number of rotatable bonds is 6. The lowest BCUT2D eigenvalue weighted by molar-refractivity contribution is 0.0202. The minimum Gasteiger partial charge on any atom is -0.493 e. The van der Waals surface area contributed by atoms with Gasteiger partial charge < -0.3 is 18.9 Å². The molecule has 0 radical (unpaired) electrons. The molecular formula is C29H29NO4. The molecule has 0 saturated heterocycles. The van der Waals surface area contributed by atoms with Crippen molar-refractivity contribution in [1.29, 1.82) is 0 Å². The lowest BCUT2D eigenvalue weighted by atomic mass is 9.84. The molecule has 0 spiro atoms. The van der Waals surface area contributed by atoms with Gasteiger partial charge in [0.25, 0.3) is 0 Å². The molecule has 3 aromatic carbocycles. The van der Waals surface area contributed by atoms with Crippen molar-refractivity contribution in [3.8, 4) is 39.5 Å². The molecule has 0 bridgehead atoms. The summed E-state index contributed by atoms with van der Waals surface area (Å²) < 4.78 is 23.1. The highest BCUT2D eigenvalue weighted by molar-refractivity contribution is 5.91. The van der Waals surface area contributed by atoms with Crippen molar-refractivity contribution in [2.24, 2.45) is 0 Å². The number of benzene rings is 3. The second-order valence-corrected chi connectivity index (χ2v) is 8.40. The number of methoxy groups -OCH3 is 3. The molecule has 1 aliphatic carbocycles. The van der Waals surface area contributed by atoms with Crippen LogP contribution in [0.3, 0.4) is 0 Å². The molecule has 0 fully saturated rings. The van der Waals surface area contributed by atoms with Crippen molar-refractivity contribution in [3.05, 3.63) is 84.0 Å². The van der Waals surface area contributed by atoms with Gasteiger partial charge in [-0.05, 0) is 59.1 Å². The number of fused-ring (bicyclic) bond motifs is 3. The summed E-state index contributed by atoms with van der Waals surface area (Å²) in [5, 5.41) is 3.37. The molecule has 0 amide bonds. The quantitative estimate of drug-likeness (QED) is 0.474. The number of allylic oxidation sites excluding steroid dienone is 2. The van der Waals surface area contributed by atoms with Gasteiger partial charge >= 0.3 is 0 Å². The third-order valence-corrected chi connectivity index (χ3v) is 6.78. The zero-order valence-electron chi connectivity index (χ0n) is 20.0. The minimum atomic E-state index is -0.540. The molecule has 0 aromatic heterocycles. The van der Waals surface area contributed by atoms with Gasteiger partial charge in [-0.25, -0.2) is 0 Å². The summed E-state index contributed by atoms with van der Waals surface area (Å²) in [4.78, 5) is 0. The first-order valence-corrected chi connectivity index (χ1v) is 11.4. The highest BCUT2D eigenvalue weighted by atomic mass is 16.5. The summed E-state index contributed by atoms with van der Waals surface area (Å²) in [6.07, 6.45) is 7.10. The van der Waals surface area contributed by atoms with Crippen LogP contribution >= 0.6 is 0 Å². The van der Waals surface area contributed by atoms with Crippen LogP contribution in [0.25, 0.3) is 27.8 Å². The zero-order chi connectivity index (χ0) is 23.7. The zero-order valence-corrected chi connectivity index (χ0v) is 20.0. The van der Waals surface area contributed by atoms with Gasteiger partial charge in [-0.15, -0.1) is 0 Å². The number of nitrogens with one attached hydrogen (secondary N) is 1. The summed E-state index contributed by atoms with van der Waals surface area (Å²) in [6.45, 7) is 0.522. The number of likely N-dealkylation sites (N-methyl/N-ethyl adjacent to an activating group) is 1. The second kappa shape index (κ2) is 9.01. The Morgan fingerprint density at radius 1 is 0.882 bits per heavy atom. The van der Waals surface area contributed by atoms with E-state index in [0.717, 1.165) is 45.6 Å². The summed E-state index contributed by atoms with van der Waals surface area (Å²) in [5.74, 6) is 2.29. The van der Waals surface area contributed by atoms with E-state index in [1.807, 2.05) is 31.3 Å². The average Bonchev–Trinajstić information content (AvgIpc) is 2.91. The molecule has 0 saturated carbocycles. The van der Waals surface area contributed by atoms with E-state index in [1.54, 1.807) is 21.3 Å². The first-order chi connectivity index (χ1) is 16.6. The van der Waals surface area contributed by atoms with Crippen LogP contribution in [0.1, 0.15) is 17.5 Å². The largest absolute Gasteiger partial charge is 0.493 e. The molecule has 1 heterocycles. The van der Waals surface area contributed by atoms with E-state index in [1.165, 1.54) is 5.56 Å². The van der Waals surface area contributed by atoms with E-state index in [9.17, 15) is 0 Å². The number of hydrogen-bond acceptors (Lipinski definition) is 5. The summed E-state index contributed by atoms with van der Waals surface area (Å²) in [7, 11) is 6.98. The first-order valence-electron chi connectivity index (χ1n) is 11.4. The third-order valence-electron chi connectivity index (χ3n) is 6.78. The normalized spacial score (nSPS) is 18.4. The Hall–Kier alpha value is -3.54. The SMILES string of the molecule is CNC1(OC)CC=CC=C1c1ccc2c(c1)COc1cccc(-c3ccc(OC)c(OC)c3)c1-2. The number of ether oxygens (including phenoxy) is 4. The summed E-state index contributed by atoms with van der Waals surface area (Å²) in [6, 6.07) is 18.8. The van der Waals surface area contributed by atoms with Gasteiger partial charge in [0.1, 0.15) is 18.1 Å². The van der Waals surface area contributed by atoms with E-state index in [0.29, 0.717) is 18.1 Å². The molecule has 5 nitrogen and oxygen atoms in total. The van der Waals surface area contributed by atoms with Gasteiger partial charge in [-0.2, -0.15) is 0 Å².